The summed E-state index contributed by atoms with van der Waals surface area (Å²) in [7, 11) is -1.57. The van der Waals surface area contributed by atoms with Crippen molar-refractivity contribution in [1.82, 2.24) is 9.62 Å². The number of carbonyl (C=O) groups excluding carboxylic acids is 1. The van der Waals surface area contributed by atoms with E-state index < -0.39 is 10.0 Å². The monoisotopic (exact) mass is 429 g/mol. The van der Waals surface area contributed by atoms with Gasteiger partial charge in [0.05, 0.1) is 4.90 Å². The van der Waals surface area contributed by atoms with Crippen LogP contribution in [0, 0.1) is 0 Å². The summed E-state index contributed by atoms with van der Waals surface area (Å²) in [6.45, 7) is 3.82. The number of rotatable bonds is 8. The number of piperidine rings is 1. The lowest BCUT2D eigenvalue weighted by atomic mass is 10.1. The fourth-order valence-corrected chi connectivity index (χ4v) is 5.54. The summed E-state index contributed by atoms with van der Waals surface area (Å²) in [6, 6.07) is 16.4. The largest absolute Gasteiger partial charge is 0.375 e. The van der Waals surface area contributed by atoms with Crippen LogP contribution in [0.2, 0.25) is 0 Å². The first kappa shape index (κ1) is 22.3. The Bertz CT molecular complexity index is 947. The maximum absolute atomic E-state index is 13.0. The molecule has 1 unspecified atom stereocenters. The zero-order valence-electron chi connectivity index (χ0n) is 17.8. The number of nitrogens with one attached hydrogen (secondary N) is 1. The molecule has 7 heteroatoms. The second-order valence-electron chi connectivity index (χ2n) is 7.85. The van der Waals surface area contributed by atoms with Gasteiger partial charge in [-0.1, -0.05) is 30.7 Å². The van der Waals surface area contributed by atoms with Crippen LogP contribution in [0.3, 0.4) is 0 Å². The lowest BCUT2D eigenvalue weighted by Crippen LogP contribution is -2.42. The van der Waals surface area contributed by atoms with Crippen molar-refractivity contribution < 1.29 is 13.2 Å². The van der Waals surface area contributed by atoms with Gasteiger partial charge in [0, 0.05) is 44.0 Å². The molecule has 1 fully saturated rings. The summed E-state index contributed by atoms with van der Waals surface area (Å²) in [4.78, 5) is 14.9. The van der Waals surface area contributed by atoms with Gasteiger partial charge in [-0.15, -0.1) is 0 Å². The number of hydrogen-bond acceptors (Lipinski definition) is 4. The second kappa shape index (κ2) is 10.1. The predicted molar refractivity (Wildman–Crippen MR) is 120 cm³/mol. The third-order valence-electron chi connectivity index (χ3n) is 5.60. The lowest BCUT2D eigenvalue weighted by Gasteiger charge is -2.32. The van der Waals surface area contributed by atoms with Crippen molar-refractivity contribution in [2.75, 3.05) is 31.6 Å². The summed E-state index contributed by atoms with van der Waals surface area (Å²) >= 11 is 0. The molecule has 0 aliphatic carbocycles. The Hall–Kier alpha value is -2.38. The molecule has 1 amide bonds. The van der Waals surface area contributed by atoms with Gasteiger partial charge < -0.3 is 10.2 Å². The summed E-state index contributed by atoms with van der Waals surface area (Å²) < 4.78 is 27.6. The molecule has 1 saturated heterocycles. The Morgan fingerprint density at radius 1 is 1.13 bits per heavy atom. The molecule has 0 bridgehead atoms. The molecule has 1 atom stereocenters. The van der Waals surface area contributed by atoms with Gasteiger partial charge in [-0.25, -0.2) is 8.42 Å². The van der Waals surface area contributed by atoms with E-state index in [1.165, 1.54) is 6.07 Å². The number of amides is 1. The number of anilines is 1. The first-order valence-electron chi connectivity index (χ1n) is 10.6. The average molecular weight is 430 g/mol. The Kier molecular flexibility index (Phi) is 7.50. The number of carbonyl (C=O) groups is 1. The molecule has 0 radical (unpaired) electrons. The van der Waals surface area contributed by atoms with E-state index in [1.807, 2.05) is 44.3 Å². The molecular weight excluding hydrogens is 398 g/mol. The Balaban J connectivity index is 1.57. The van der Waals surface area contributed by atoms with Crippen molar-refractivity contribution in [3.05, 3.63) is 60.2 Å². The smallest absolute Gasteiger partial charge is 0.251 e. The van der Waals surface area contributed by atoms with Crippen LogP contribution in [-0.4, -0.2) is 51.4 Å². The molecular formula is C23H31N3O3S. The first-order chi connectivity index (χ1) is 14.4. The van der Waals surface area contributed by atoms with Crippen LogP contribution in [0.4, 0.5) is 5.69 Å². The molecule has 30 heavy (non-hydrogen) atoms. The van der Waals surface area contributed by atoms with Gasteiger partial charge in [-0.05, 0) is 56.5 Å². The first-order valence-corrected chi connectivity index (χ1v) is 12.0. The summed E-state index contributed by atoms with van der Waals surface area (Å²) in [6.07, 6.45) is 3.59. The van der Waals surface area contributed by atoms with E-state index >= 15 is 0 Å². The van der Waals surface area contributed by atoms with Crippen LogP contribution >= 0.6 is 0 Å². The maximum Gasteiger partial charge on any atom is 0.251 e. The number of sulfonamides is 1. The molecule has 2 aromatic carbocycles. The minimum absolute atomic E-state index is 0.0113. The quantitative estimate of drug-likeness (QED) is 0.652. The van der Waals surface area contributed by atoms with E-state index in [1.54, 1.807) is 22.5 Å². The van der Waals surface area contributed by atoms with Crippen LogP contribution in [0.5, 0.6) is 0 Å². The Morgan fingerprint density at radius 2 is 1.90 bits per heavy atom. The number of hydrogen-bond donors (Lipinski definition) is 1. The molecule has 0 saturated carbocycles. The van der Waals surface area contributed by atoms with Crippen LogP contribution in [-0.2, 0) is 10.0 Å². The minimum Gasteiger partial charge on any atom is -0.375 e. The van der Waals surface area contributed by atoms with Crippen LogP contribution in [0.1, 0.15) is 43.0 Å². The molecule has 1 aliphatic rings. The normalized spacial score (nSPS) is 17.5. The van der Waals surface area contributed by atoms with Gasteiger partial charge in [0.25, 0.3) is 5.91 Å². The summed E-state index contributed by atoms with van der Waals surface area (Å²) in [5.74, 6) is -0.249. The van der Waals surface area contributed by atoms with Crippen molar-refractivity contribution in [2.24, 2.45) is 0 Å². The predicted octanol–water partition coefficient (Wildman–Crippen LogP) is 3.51. The fourth-order valence-electron chi connectivity index (χ4n) is 3.79. The van der Waals surface area contributed by atoms with Crippen molar-refractivity contribution in [1.29, 1.82) is 0 Å². The van der Waals surface area contributed by atoms with Crippen LogP contribution in [0.25, 0.3) is 0 Å². The topological polar surface area (TPSA) is 69.7 Å². The fraction of sp³-hybridized carbons (Fsp3) is 0.435. The highest BCUT2D eigenvalue weighted by atomic mass is 32.2. The van der Waals surface area contributed by atoms with E-state index in [-0.39, 0.29) is 16.8 Å². The summed E-state index contributed by atoms with van der Waals surface area (Å²) in [5.41, 5.74) is 1.51. The third kappa shape index (κ3) is 5.40. The molecule has 162 valence electrons. The standard InChI is InChI=1S/C23H31N3O3S/c1-19-10-6-7-17-26(19)30(28,29)22-14-8-11-20(18-22)23(27)24-15-9-16-25(2)21-12-4-3-5-13-21/h3-5,8,11-14,18-19H,6-7,9-10,15-17H2,1-2H3,(H,24,27). The van der Waals surface area contributed by atoms with Gasteiger partial charge in [0.1, 0.15) is 0 Å². The second-order valence-corrected chi connectivity index (χ2v) is 9.75. The average Bonchev–Trinajstić information content (AvgIpc) is 2.77. The SMILES string of the molecule is CC1CCCCN1S(=O)(=O)c1cccc(C(=O)NCCCN(C)c2ccccc2)c1. The molecule has 3 rings (SSSR count). The van der Waals surface area contributed by atoms with Gasteiger partial charge in [-0.2, -0.15) is 4.31 Å². The van der Waals surface area contributed by atoms with Gasteiger partial charge >= 0.3 is 0 Å². The highest BCUT2D eigenvalue weighted by Crippen LogP contribution is 2.25. The Morgan fingerprint density at radius 3 is 2.63 bits per heavy atom. The third-order valence-corrected chi connectivity index (χ3v) is 7.61. The molecule has 1 aliphatic heterocycles. The van der Waals surface area contributed by atoms with Gasteiger partial charge in [-0.3, -0.25) is 4.79 Å². The lowest BCUT2D eigenvalue weighted by molar-refractivity contribution is 0.0953. The van der Waals surface area contributed by atoms with Gasteiger partial charge in [0.2, 0.25) is 10.0 Å². The highest BCUT2D eigenvalue weighted by Gasteiger charge is 2.31. The number of nitrogens with zero attached hydrogens (tertiary/aromatic N) is 2. The van der Waals surface area contributed by atoms with Crippen LogP contribution in [0.15, 0.2) is 59.5 Å². The van der Waals surface area contributed by atoms with Crippen molar-refractivity contribution >= 4 is 21.6 Å². The highest BCUT2D eigenvalue weighted by molar-refractivity contribution is 7.89. The molecule has 2 aromatic rings. The number of para-hydroxylation sites is 1. The minimum atomic E-state index is -3.59. The summed E-state index contributed by atoms with van der Waals surface area (Å²) in [5, 5.41) is 2.90. The molecule has 1 heterocycles. The maximum atomic E-state index is 13.0. The Labute approximate surface area is 179 Å². The molecule has 1 N–H and O–H groups in total. The van der Waals surface area contributed by atoms with E-state index in [0.717, 1.165) is 37.9 Å². The zero-order chi connectivity index (χ0) is 21.6. The van der Waals surface area contributed by atoms with E-state index in [9.17, 15) is 13.2 Å². The van der Waals surface area contributed by atoms with E-state index in [2.05, 4.69) is 10.2 Å². The van der Waals surface area contributed by atoms with E-state index in [4.69, 9.17) is 0 Å². The van der Waals surface area contributed by atoms with Crippen LogP contribution < -0.4 is 10.2 Å². The molecule has 6 nitrogen and oxygen atoms in total. The molecule has 0 aromatic heterocycles. The molecule has 0 spiro atoms. The van der Waals surface area contributed by atoms with Gasteiger partial charge in [0.15, 0.2) is 0 Å². The van der Waals surface area contributed by atoms with Crippen molar-refractivity contribution in [2.45, 2.75) is 43.5 Å². The van der Waals surface area contributed by atoms with Crippen molar-refractivity contribution in [3.63, 3.8) is 0 Å². The van der Waals surface area contributed by atoms with Crippen molar-refractivity contribution in [3.8, 4) is 0 Å². The van der Waals surface area contributed by atoms with E-state index in [0.29, 0.717) is 18.7 Å². The zero-order valence-corrected chi connectivity index (χ0v) is 18.6. The number of benzene rings is 2.